The van der Waals surface area contributed by atoms with Gasteiger partial charge >= 0.3 is 0 Å². The highest BCUT2D eigenvalue weighted by Crippen LogP contribution is 2.22. The minimum absolute atomic E-state index is 0. The summed E-state index contributed by atoms with van der Waals surface area (Å²) in [5, 5.41) is 0. The lowest BCUT2D eigenvalue weighted by atomic mass is 10.0. The normalized spacial score (nSPS) is 11.8. The van der Waals surface area contributed by atoms with Crippen LogP contribution in [0.3, 0.4) is 0 Å². The van der Waals surface area contributed by atoms with Gasteiger partial charge in [-0.25, -0.2) is 0 Å². The van der Waals surface area contributed by atoms with Crippen LogP contribution in [0.2, 0.25) is 0 Å². The van der Waals surface area contributed by atoms with Crippen molar-refractivity contribution < 1.29 is 21.5 Å². The van der Waals surface area contributed by atoms with Crippen LogP contribution in [-0.4, -0.2) is 30.7 Å². The Bertz CT molecular complexity index is 689. The number of halogens is 1. The zero-order valence-electron chi connectivity index (χ0n) is 44.4. The maximum absolute atomic E-state index is 2.34. The third-order valence-corrected chi connectivity index (χ3v) is 14.9. The van der Waals surface area contributed by atoms with Gasteiger partial charge in [0, 0.05) is 0 Å². The molecule has 2 heteroatoms. The van der Waals surface area contributed by atoms with Gasteiger partial charge in [0.2, 0.25) is 0 Å². The summed E-state index contributed by atoms with van der Waals surface area (Å²) in [6.07, 6.45) is 76.7. The zero-order valence-corrected chi connectivity index (χ0v) is 46.0. The second-order valence-electron chi connectivity index (χ2n) is 21.2. The molecule has 0 amide bonds. The summed E-state index contributed by atoms with van der Waals surface area (Å²) in [6.45, 7) is 15.3. The van der Waals surface area contributed by atoms with Gasteiger partial charge in [0.05, 0.1) is 26.2 Å². The van der Waals surface area contributed by atoms with Gasteiger partial charge in [0.25, 0.3) is 0 Å². The molecule has 0 fully saturated rings. The first-order valence-corrected chi connectivity index (χ1v) is 30.1. The minimum atomic E-state index is 0. The molecular weight excluding hydrogens is 815 g/mol. The Morgan fingerprint density at radius 1 is 0.145 bits per heavy atom. The van der Waals surface area contributed by atoms with E-state index in [-0.39, 0.29) is 17.0 Å². The quantitative estimate of drug-likeness (QED) is 0.0421. The average Bonchev–Trinajstić information content (AvgIpc) is 3.27. The van der Waals surface area contributed by atoms with Crippen molar-refractivity contribution >= 4 is 0 Å². The molecule has 0 aliphatic heterocycles. The van der Waals surface area contributed by atoms with Crippen molar-refractivity contribution in [2.45, 2.75) is 362 Å². The Morgan fingerprint density at radius 2 is 0.242 bits per heavy atom. The maximum atomic E-state index is 2.34. The molecule has 0 aromatic heterocycles. The largest absolute Gasteiger partial charge is 1.00 e. The molecule has 0 saturated heterocycles. The monoisotopic (exact) mass is 938 g/mol. The maximum Gasteiger partial charge on any atom is 0.0786 e. The predicted octanol–water partition coefficient (Wildman–Crippen LogP) is 19.2. The van der Waals surface area contributed by atoms with Crippen LogP contribution >= 0.6 is 0 Å². The summed E-state index contributed by atoms with van der Waals surface area (Å²) < 4.78 is 1.49. The van der Waals surface area contributed by atoms with Gasteiger partial charge in [-0.3, -0.25) is 0 Å². The Hall–Kier alpha value is 0.440. The molecule has 0 saturated carbocycles. The molecule has 0 rings (SSSR count). The van der Waals surface area contributed by atoms with Gasteiger partial charge in [0.15, 0.2) is 0 Å². The number of quaternary nitrogens is 1. The summed E-state index contributed by atoms with van der Waals surface area (Å²) >= 11 is 0. The summed E-state index contributed by atoms with van der Waals surface area (Å²) in [6, 6.07) is 0. The first kappa shape index (κ1) is 64.5. The van der Waals surface area contributed by atoms with Gasteiger partial charge in [-0.15, -0.1) is 0 Å². The lowest BCUT2D eigenvalue weighted by Gasteiger charge is -2.40. The first-order chi connectivity index (χ1) is 30.2. The number of rotatable bonds is 56. The predicted molar refractivity (Wildman–Crippen MR) is 283 cm³/mol. The van der Waals surface area contributed by atoms with Gasteiger partial charge in [0.1, 0.15) is 0 Å². The molecule has 0 atom stereocenters. The van der Waals surface area contributed by atoms with Crippen LogP contribution < -0.4 is 17.0 Å². The van der Waals surface area contributed by atoms with Gasteiger partial charge < -0.3 is 21.5 Å². The molecule has 0 radical (unpaired) electrons. The Balaban J connectivity index is 0. The number of unbranched alkanes of at least 4 members (excludes halogenated alkanes) is 48. The van der Waals surface area contributed by atoms with E-state index in [9.17, 15) is 0 Å². The van der Waals surface area contributed by atoms with E-state index in [1.165, 1.54) is 365 Å². The summed E-state index contributed by atoms with van der Waals surface area (Å²) in [7, 11) is 0. The molecule has 0 aliphatic carbocycles. The highest BCUT2D eigenvalue weighted by atomic mass is 79.9. The molecule has 0 heterocycles. The van der Waals surface area contributed by atoms with E-state index in [0.29, 0.717) is 0 Å². The molecule has 0 aliphatic rings. The van der Waals surface area contributed by atoms with Crippen molar-refractivity contribution in [1.82, 2.24) is 0 Å². The smallest absolute Gasteiger partial charge is 0.0786 e. The average molecular weight is 940 g/mol. The van der Waals surface area contributed by atoms with E-state index in [1.54, 1.807) is 0 Å². The van der Waals surface area contributed by atoms with Crippen LogP contribution in [-0.2, 0) is 0 Å². The van der Waals surface area contributed by atoms with E-state index in [1.807, 2.05) is 0 Å². The molecule has 0 unspecified atom stereocenters. The number of hydrogen-bond donors (Lipinski definition) is 0. The lowest BCUT2D eigenvalue weighted by molar-refractivity contribution is -0.929. The number of hydrogen-bond acceptors (Lipinski definition) is 0. The van der Waals surface area contributed by atoms with Gasteiger partial charge in [-0.2, -0.15) is 0 Å². The fourth-order valence-electron chi connectivity index (χ4n) is 10.5. The second-order valence-corrected chi connectivity index (χ2v) is 21.2. The SMILES string of the molecule is CCCCCCCCCCCCCCCCCC[N+](CCCCCCCCCCCC)(CCCCCCCCCCCC)CCCCCCCCCCCCCCCCCC.[Br-]. The molecular formula is C60H124BrN. The lowest BCUT2D eigenvalue weighted by Crippen LogP contribution is -3.00. The fourth-order valence-corrected chi connectivity index (χ4v) is 10.5. The highest BCUT2D eigenvalue weighted by Gasteiger charge is 2.25. The first-order valence-electron chi connectivity index (χ1n) is 30.1. The Labute approximate surface area is 407 Å². The van der Waals surface area contributed by atoms with Gasteiger partial charge in [-0.1, -0.05) is 310 Å². The van der Waals surface area contributed by atoms with Crippen molar-refractivity contribution in [1.29, 1.82) is 0 Å². The third-order valence-electron chi connectivity index (χ3n) is 14.9. The van der Waals surface area contributed by atoms with Crippen LogP contribution in [0.15, 0.2) is 0 Å². The van der Waals surface area contributed by atoms with Crippen molar-refractivity contribution in [3.8, 4) is 0 Å². The van der Waals surface area contributed by atoms with Crippen molar-refractivity contribution in [3.63, 3.8) is 0 Å². The Kier molecular flexibility index (Phi) is 59.9. The van der Waals surface area contributed by atoms with Crippen LogP contribution in [0.1, 0.15) is 362 Å². The molecule has 0 N–H and O–H groups in total. The van der Waals surface area contributed by atoms with E-state index < -0.39 is 0 Å². The summed E-state index contributed by atoms with van der Waals surface area (Å²) in [5.74, 6) is 0. The molecule has 0 aromatic rings. The molecule has 62 heavy (non-hydrogen) atoms. The summed E-state index contributed by atoms with van der Waals surface area (Å²) in [5.41, 5.74) is 0. The van der Waals surface area contributed by atoms with Crippen LogP contribution in [0, 0.1) is 0 Å². The molecule has 0 spiro atoms. The standard InChI is InChI=1S/C60H124N.BrH/c1-5-9-13-17-21-25-29-31-33-35-37-39-43-47-51-55-59-61(57-53-49-45-41-27-23-19-15-11-7-3,58-54-50-46-42-28-24-20-16-12-8-4)60-56-52-48-44-40-38-36-34-32-30-26-22-18-14-10-6-2;/h5-60H2,1-4H3;1H/q+1;/p-1. The molecule has 0 bridgehead atoms. The third kappa shape index (κ3) is 51.4. The number of nitrogens with zero attached hydrogens (tertiary/aromatic N) is 1. The summed E-state index contributed by atoms with van der Waals surface area (Å²) in [4.78, 5) is 0. The van der Waals surface area contributed by atoms with E-state index in [0.717, 1.165) is 0 Å². The van der Waals surface area contributed by atoms with Crippen molar-refractivity contribution in [2.24, 2.45) is 0 Å². The topological polar surface area (TPSA) is 0 Å². The second kappa shape index (κ2) is 57.6. The van der Waals surface area contributed by atoms with Gasteiger partial charge in [-0.05, 0) is 51.4 Å². The van der Waals surface area contributed by atoms with E-state index in [2.05, 4.69) is 27.7 Å². The molecule has 0 aromatic carbocycles. The van der Waals surface area contributed by atoms with E-state index in [4.69, 9.17) is 0 Å². The molecule has 1 nitrogen and oxygen atoms in total. The van der Waals surface area contributed by atoms with Crippen LogP contribution in [0.25, 0.3) is 0 Å². The van der Waals surface area contributed by atoms with Crippen molar-refractivity contribution in [3.05, 3.63) is 0 Å². The van der Waals surface area contributed by atoms with Crippen LogP contribution in [0.5, 0.6) is 0 Å². The van der Waals surface area contributed by atoms with Crippen LogP contribution in [0.4, 0.5) is 0 Å². The molecule has 376 valence electrons. The van der Waals surface area contributed by atoms with E-state index >= 15 is 0 Å². The Morgan fingerprint density at radius 3 is 0.355 bits per heavy atom. The van der Waals surface area contributed by atoms with Crippen molar-refractivity contribution in [2.75, 3.05) is 26.2 Å². The highest BCUT2D eigenvalue weighted by molar-refractivity contribution is 4.57. The minimum Gasteiger partial charge on any atom is -1.00 e. The fraction of sp³-hybridized carbons (Fsp3) is 1.00. The zero-order chi connectivity index (χ0) is 44.1.